The molecule has 0 amide bonds. The first-order valence-corrected chi connectivity index (χ1v) is 5.45. The Morgan fingerprint density at radius 3 is 1.56 bits per heavy atom. The lowest BCUT2D eigenvalue weighted by atomic mass is 10.4. The van der Waals surface area contributed by atoms with E-state index in [4.69, 9.17) is 14.9 Å². The Labute approximate surface area is 98.2 Å². The van der Waals surface area contributed by atoms with Gasteiger partial charge in [-0.3, -0.25) is 0 Å². The summed E-state index contributed by atoms with van der Waals surface area (Å²) in [5.74, 6) is 1.59. The Balaban J connectivity index is 0. The fourth-order valence-corrected chi connectivity index (χ4v) is 0.580. The molecule has 0 aliphatic rings. The molecular weight excluding hydrogens is 208 g/mol. The van der Waals surface area contributed by atoms with Crippen molar-refractivity contribution in [1.29, 1.82) is 0 Å². The van der Waals surface area contributed by atoms with Gasteiger partial charge in [0.1, 0.15) is 0 Å². The third-order valence-electron chi connectivity index (χ3n) is 1.55. The molecule has 4 heteroatoms. The minimum Gasteiger partial charge on any atom is -0.467 e. The lowest BCUT2D eigenvalue weighted by molar-refractivity contribution is 0.0650. The second-order valence-electron chi connectivity index (χ2n) is 2.95. The van der Waals surface area contributed by atoms with Gasteiger partial charge in [0.2, 0.25) is 0 Å². The molecule has 0 aromatic rings. The van der Waals surface area contributed by atoms with Crippen LogP contribution in [0.1, 0.15) is 26.7 Å². The average Bonchev–Trinajstić information content (AvgIpc) is 2.30. The molecule has 0 spiro atoms. The van der Waals surface area contributed by atoms with Crippen LogP contribution in [-0.2, 0) is 9.47 Å². The molecule has 0 saturated carbocycles. The van der Waals surface area contributed by atoms with Crippen LogP contribution in [0.3, 0.4) is 0 Å². The van der Waals surface area contributed by atoms with Crippen molar-refractivity contribution in [2.45, 2.75) is 26.7 Å². The van der Waals surface area contributed by atoms with Gasteiger partial charge in [0.25, 0.3) is 0 Å². The minimum absolute atomic E-state index is 0.0278. The SMILES string of the molecule is C=C(CC)OC(=C)CC.OCCOCCO. The highest BCUT2D eigenvalue weighted by molar-refractivity contribution is 4.91. The lowest BCUT2D eigenvalue weighted by Crippen LogP contribution is -2.03. The van der Waals surface area contributed by atoms with E-state index in [2.05, 4.69) is 17.9 Å². The molecule has 0 unspecified atom stereocenters. The standard InChI is InChI=1S/C8H14O.C4H10O3/c1-5-7(3)9-8(4)6-2;5-1-3-7-4-2-6/h3-6H2,1-2H3;5-6H,1-4H2. The number of ether oxygens (including phenoxy) is 2. The van der Waals surface area contributed by atoms with Gasteiger partial charge in [-0.1, -0.05) is 27.0 Å². The van der Waals surface area contributed by atoms with Gasteiger partial charge < -0.3 is 19.7 Å². The fraction of sp³-hybridized carbons (Fsp3) is 0.667. The number of aliphatic hydroxyl groups excluding tert-OH is 2. The van der Waals surface area contributed by atoms with Crippen LogP contribution in [-0.4, -0.2) is 36.6 Å². The largest absolute Gasteiger partial charge is 0.467 e. The molecule has 0 aromatic heterocycles. The molecule has 0 aliphatic heterocycles. The zero-order chi connectivity index (χ0) is 12.8. The van der Waals surface area contributed by atoms with Gasteiger partial charge in [0.15, 0.2) is 0 Å². The van der Waals surface area contributed by atoms with Crippen molar-refractivity contribution in [3.63, 3.8) is 0 Å². The normalized spacial score (nSPS) is 9.00. The molecule has 0 rings (SSSR count). The maximum absolute atomic E-state index is 8.09. The molecule has 0 aliphatic carbocycles. The van der Waals surface area contributed by atoms with Gasteiger partial charge in [-0.05, 0) is 0 Å². The summed E-state index contributed by atoms with van der Waals surface area (Å²) in [7, 11) is 0. The Kier molecular flexibility index (Phi) is 15.5. The van der Waals surface area contributed by atoms with Gasteiger partial charge in [-0.15, -0.1) is 0 Å². The molecule has 0 atom stereocenters. The third kappa shape index (κ3) is 15.6. The van der Waals surface area contributed by atoms with Gasteiger partial charge in [0.05, 0.1) is 37.9 Å². The molecule has 4 nitrogen and oxygen atoms in total. The summed E-state index contributed by atoms with van der Waals surface area (Å²) in [6.07, 6.45) is 1.72. The van der Waals surface area contributed by atoms with Crippen molar-refractivity contribution in [3.8, 4) is 0 Å². The Bertz CT molecular complexity index is 160. The van der Waals surface area contributed by atoms with E-state index in [9.17, 15) is 0 Å². The number of hydrogen-bond acceptors (Lipinski definition) is 4. The quantitative estimate of drug-likeness (QED) is 0.495. The third-order valence-corrected chi connectivity index (χ3v) is 1.55. The van der Waals surface area contributed by atoms with Crippen molar-refractivity contribution >= 4 is 0 Å². The maximum Gasteiger partial charge on any atom is 0.0961 e. The molecule has 0 heterocycles. The number of allylic oxidation sites excluding steroid dienone is 2. The van der Waals surface area contributed by atoms with E-state index in [-0.39, 0.29) is 13.2 Å². The maximum atomic E-state index is 8.09. The zero-order valence-electron chi connectivity index (χ0n) is 10.4. The second kappa shape index (κ2) is 14.2. The summed E-state index contributed by atoms with van der Waals surface area (Å²) in [5.41, 5.74) is 0. The summed E-state index contributed by atoms with van der Waals surface area (Å²) in [5, 5.41) is 16.2. The topological polar surface area (TPSA) is 58.9 Å². The highest BCUT2D eigenvalue weighted by Crippen LogP contribution is 2.07. The molecule has 16 heavy (non-hydrogen) atoms. The lowest BCUT2D eigenvalue weighted by Gasteiger charge is -2.05. The molecular formula is C12H24O4. The summed E-state index contributed by atoms with van der Waals surface area (Å²) in [6, 6.07) is 0. The van der Waals surface area contributed by atoms with Crippen LogP contribution >= 0.6 is 0 Å². The molecule has 0 saturated heterocycles. The molecule has 0 radical (unpaired) electrons. The summed E-state index contributed by atoms with van der Waals surface area (Å²) < 4.78 is 9.79. The van der Waals surface area contributed by atoms with Crippen molar-refractivity contribution < 1.29 is 19.7 Å². The monoisotopic (exact) mass is 232 g/mol. The van der Waals surface area contributed by atoms with Crippen LogP contribution in [0.25, 0.3) is 0 Å². The predicted octanol–water partition coefficient (Wildman–Crippen LogP) is 1.84. The Morgan fingerprint density at radius 1 is 0.938 bits per heavy atom. The summed E-state index contributed by atoms with van der Waals surface area (Å²) in [6.45, 7) is 12.1. The van der Waals surface area contributed by atoms with Crippen LogP contribution in [0.5, 0.6) is 0 Å². The van der Waals surface area contributed by atoms with E-state index in [1.807, 2.05) is 13.8 Å². The number of hydrogen-bond donors (Lipinski definition) is 2. The van der Waals surface area contributed by atoms with Gasteiger partial charge in [0, 0.05) is 12.8 Å². The smallest absolute Gasteiger partial charge is 0.0961 e. The van der Waals surface area contributed by atoms with Crippen LogP contribution in [0, 0.1) is 0 Å². The van der Waals surface area contributed by atoms with Crippen molar-refractivity contribution in [3.05, 3.63) is 24.7 Å². The van der Waals surface area contributed by atoms with Gasteiger partial charge >= 0.3 is 0 Å². The highest BCUT2D eigenvalue weighted by atomic mass is 16.5. The van der Waals surface area contributed by atoms with Crippen LogP contribution in [0.2, 0.25) is 0 Å². The van der Waals surface area contributed by atoms with E-state index in [1.165, 1.54) is 0 Å². The first-order chi connectivity index (χ1) is 7.62. The first-order valence-electron chi connectivity index (χ1n) is 5.45. The van der Waals surface area contributed by atoms with Crippen molar-refractivity contribution in [2.75, 3.05) is 26.4 Å². The van der Waals surface area contributed by atoms with Crippen molar-refractivity contribution in [2.24, 2.45) is 0 Å². The van der Waals surface area contributed by atoms with E-state index >= 15 is 0 Å². The zero-order valence-corrected chi connectivity index (χ0v) is 10.4. The highest BCUT2D eigenvalue weighted by Gasteiger charge is 1.91. The van der Waals surface area contributed by atoms with Gasteiger partial charge in [-0.25, -0.2) is 0 Å². The Hall–Kier alpha value is -0.840. The number of aliphatic hydroxyl groups is 2. The molecule has 0 bridgehead atoms. The average molecular weight is 232 g/mol. The van der Waals surface area contributed by atoms with E-state index < -0.39 is 0 Å². The molecule has 96 valence electrons. The van der Waals surface area contributed by atoms with E-state index in [0.717, 1.165) is 24.4 Å². The summed E-state index contributed by atoms with van der Waals surface area (Å²) >= 11 is 0. The van der Waals surface area contributed by atoms with Crippen LogP contribution in [0.15, 0.2) is 24.7 Å². The number of rotatable bonds is 8. The second-order valence-corrected chi connectivity index (χ2v) is 2.95. The fourth-order valence-electron chi connectivity index (χ4n) is 0.580. The molecule has 2 N–H and O–H groups in total. The van der Waals surface area contributed by atoms with Crippen LogP contribution < -0.4 is 0 Å². The van der Waals surface area contributed by atoms with E-state index in [0.29, 0.717) is 13.2 Å². The molecule has 0 aromatic carbocycles. The van der Waals surface area contributed by atoms with E-state index in [1.54, 1.807) is 0 Å². The van der Waals surface area contributed by atoms with Crippen LogP contribution in [0.4, 0.5) is 0 Å². The minimum atomic E-state index is 0.0278. The predicted molar refractivity (Wildman–Crippen MR) is 64.9 cm³/mol. The Morgan fingerprint density at radius 2 is 1.31 bits per heavy atom. The summed E-state index contributed by atoms with van der Waals surface area (Å²) in [4.78, 5) is 0. The molecule has 0 fully saturated rings. The van der Waals surface area contributed by atoms with Gasteiger partial charge in [-0.2, -0.15) is 0 Å². The van der Waals surface area contributed by atoms with Crippen molar-refractivity contribution in [1.82, 2.24) is 0 Å². The first kappa shape index (κ1) is 17.6.